The van der Waals surface area contributed by atoms with E-state index in [9.17, 15) is 14.7 Å². The number of carbonyl (C=O) groups is 1. The molecular formula is C22H17N3O4. The molecule has 0 fully saturated rings. The number of phenols is 1. The minimum absolute atomic E-state index is 0.124. The molecule has 1 amide bonds. The number of ether oxygens (including phenoxy) is 1. The van der Waals surface area contributed by atoms with E-state index in [0.29, 0.717) is 27.9 Å². The van der Waals surface area contributed by atoms with Crippen LogP contribution in [0.3, 0.4) is 0 Å². The van der Waals surface area contributed by atoms with Gasteiger partial charge in [0, 0.05) is 11.6 Å². The maximum atomic E-state index is 12.8. The summed E-state index contributed by atoms with van der Waals surface area (Å²) in [6.45, 7) is 0.247. The van der Waals surface area contributed by atoms with Gasteiger partial charge in [-0.2, -0.15) is 0 Å². The smallest absolute Gasteiger partial charge is 0.265 e. The van der Waals surface area contributed by atoms with Gasteiger partial charge in [0.1, 0.15) is 24.4 Å². The third-order valence-corrected chi connectivity index (χ3v) is 4.48. The van der Waals surface area contributed by atoms with Crippen molar-refractivity contribution in [1.82, 2.24) is 9.55 Å². The summed E-state index contributed by atoms with van der Waals surface area (Å²) in [4.78, 5) is 28.4. The summed E-state index contributed by atoms with van der Waals surface area (Å²) in [5.74, 6) is 0.182. The van der Waals surface area contributed by atoms with Crippen LogP contribution in [0.15, 0.2) is 77.9 Å². The maximum Gasteiger partial charge on any atom is 0.265 e. The molecule has 0 aliphatic carbocycles. The van der Waals surface area contributed by atoms with Crippen LogP contribution in [0, 0.1) is 0 Å². The number of phenolic OH excluding ortho intramolecular Hbond substituents is 1. The van der Waals surface area contributed by atoms with Crippen LogP contribution in [-0.2, 0) is 6.61 Å². The van der Waals surface area contributed by atoms with Crippen molar-refractivity contribution < 1.29 is 14.6 Å². The number of amides is 1. The highest BCUT2D eigenvalue weighted by atomic mass is 16.5. The molecule has 0 saturated carbocycles. The zero-order valence-electron chi connectivity index (χ0n) is 15.3. The normalized spacial score (nSPS) is 10.8. The van der Waals surface area contributed by atoms with E-state index in [1.54, 1.807) is 48.5 Å². The Morgan fingerprint density at radius 3 is 2.62 bits per heavy atom. The van der Waals surface area contributed by atoms with E-state index in [1.165, 1.54) is 23.0 Å². The molecule has 4 aromatic rings. The molecular weight excluding hydrogens is 370 g/mol. The van der Waals surface area contributed by atoms with Crippen molar-refractivity contribution in [3.63, 3.8) is 0 Å². The second-order valence-electron chi connectivity index (χ2n) is 6.47. The zero-order chi connectivity index (χ0) is 20.4. The standard InChI is InChI=1S/C22H17N3O4/c23-21(27)15-3-1-2-14(10-15)12-29-18-8-9-19-20(11-18)24-13-25(22(19)28)16-4-6-17(26)7-5-16/h1-11,13,26H,12H2,(H2,23,27). The highest BCUT2D eigenvalue weighted by molar-refractivity contribution is 5.92. The molecule has 7 heteroatoms. The van der Waals surface area contributed by atoms with E-state index in [2.05, 4.69) is 4.98 Å². The van der Waals surface area contributed by atoms with Gasteiger partial charge in [-0.25, -0.2) is 4.98 Å². The van der Waals surface area contributed by atoms with Crippen molar-refractivity contribution >= 4 is 16.8 Å². The fourth-order valence-electron chi connectivity index (χ4n) is 2.97. The van der Waals surface area contributed by atoms with E-state index in [-0.39, 0.29) is 17.9 Å². The molecule has 1 heterocycles. The van der Waals surface area contributed by atoms with Crippen LogP contribution in [0.4, 0.5) is 0 Å². The van der Waals surface area contributed by atoms with E-state index in [0.717, 1.165) is 5.56 Å². The SMILES string of the molecule is NC(=O)c1cccc(COc2ccc3c(=O)n(-c4ccc(O)cc4)cnc3c2)c1. The van der Waals surface area contributed by atoms with Crippen LogP contribution in [0.1, 0.15) is 15.9 Å². The Labute approximate surface area is 165 Å². The van der Waals surface area contributed by atoms with Crippen LogP contribution < -0.4 is 16.0 Å². The number of aromatic hydroxyl groups is 1. The lowest BCUT2D eigenvalue weighted by atomic mass is 10.1. The summed E-state index contributed by atoms with van der Waals surface area (Å²) in [7, 11) is 0. The average molecular weight is 387 g/mol. The molecule has 7 nitrogen and oxygen atoms in total. The topological polar surface area (TPSA) is 107 Å². The Balaban J connectivity index is 1.59. The Bertz CT molecular complexity index is 1260. The van der Waals surface area contributed by atoms with E-state index < -0.39 is 5.91 Å². The van der Waals surface area contributed by atoms with Gasteiger partial charge in [0.25, 0.3) is 5.56 Å². The molecule has 144 valence electrons. The maximum absolute atomic E-state index is 12.8. The van der Waals surface area contributed by atoms with Gasteiger partial charge in [0.2, 0.25) is 5.91 Å². The summed E-state index contributed by atoms with van der Waals surface area (Å²) < 4.78 is 7.19. The van der Waals surface area contributed by atoms with Crippen LogP contribution >= 0.6 is 0 Å². The summed E-state index contributed by atoms with van der Waals surface area (Å²) in [5.41, 5.74) is 7.41. The highest BCUT2D eigenvalue weighted by Gasteiger charge is 2.08. The van der Waals surface area contributed by atoms with Crippen LogP contribution in [0.5, 0.6) is 11.5 Å². The van der Waals surface area contributed by atoms with Crippen molar-refractivity contribution in [2.24, 2.45) is 5.73 Å². The molecule has 1 aromatic heterocycles. The van der Waals surface area contributed by atoms with Gasteiger partial charge >= 0.3 is 0 Å². The number of hydrogen-bond donors (Lipinski definition) is 2. The lowest BCUT2D eigenvalue weighted by Crippen LogP contribution is -2.18. The molecule has 0 spiro atoms. The molecule has 0 aliphatic rings. The number of fused-ring (bicyclic) bond motifs is 1. The van der Waals surface area contributed by atoms with Gasteiger partial charge in [-0.1, -0.05) is 12.1 Å². The predicted molar refractivity (Wildman–Crippen MR) is 108 cm³/mol. The first-order valence-electron chi connectivity index (χ1n) is 8.83. The molecule has 4 rings (SSSR count). The van der Waals surface area contributed by atoms with Gasteiger partial charge in [-0.3, -0.25) is 14.2 Å². The van der Waals surface area contributed by atoms with Gasteiger partial charge in [-0.15, -0.1) is 0 Å². The molecule has 3 N–H and O–H groups in total. The Kier molecular flexibility index (Phi) is 4.70. The van der Waals surface area contributed by atoms with Crippen molar-refractivity contribution in [3.05, 3.63) is 94.5 Å². The highest BCUT2D eigenvalue weighted by Crippen LogP contribution is 2.19. The predicted octanol–water partition coefficient (Wildman–Crippen LogP) is 2.77. The van der Waals surface area contributed by atoms with Crippen LogP contribution in [0.25, 0.3) is 16.6 Å². The summed E-state index contributed by atoms with van der Waals surface area (Å²) in [6, 6.07) is 18.3. The fourth-order valence-corrected chi connectivity index (χ4v) is 2.97. The number of aromatic nitrogens is 2. The molecule has 0 unspecified atom stereocenters. The van der Waals surface area contributed by atoms with Gasteiger partial charge in [-0.05, 0) is 54.1 Å². The minimum Gasteiger partial charge on any atom is -0.508 e. The summed E-state index contributed by atoms with van der Waals surface area (Å²) >= 11 is 0. The Morgan fingerprint density at radius 1 is 1.07 bits per heavy atom. The van der Waals surface area contributed by atoms with Crippen molar-refractivity contribution in [3.8, 4) is 17.2 Å². The molecule has 0 aliphatic heterocycles. The number of carbonyl (C=O) groups excluding carboxylic acids is 1. The summed E-state index contributed by atoms with van der Waals surface area (Å²) in [5, 5.41) is 9.86. The lowest BCUT2D eigenvalue weighted by Gasteiger charge is -2.09. The van der Waals surface area contributed by atoms with Gasteiger partial charge in [0.15, 0.2) is 0 Å². The van der Waals surface area contributed by atoms with Crippen LogP contribution in [0.2, 0.25) is 0 Å². The number of hydrogen-bond acceptors (Lipinski definition) is 5. The third kappa shape index (κ3) is 3.79. The lowest BCUT2D eigenvalue weighted by molar-refractivity contribution is 0.1000. The zero-order valence-corrected chi connectivity index (χ0v) is 15.3. The fraction of sp³-hybridized carbons (Fsp3) is 0.0455. The van der Waals surface area contributed by atoms with Gasteiger partial charge < -0.3 is 15.6 Å². The Hall–Kier alpha value is -4.13. The van der Waals surface area contributed by atoms with Crippen molar-refractivity contribution in [2.75, 3.05) is 0 Å². The molecule has 0 radical (unpaired) electrons. The molecule has 0 saturated heterocycles. The first kappa shape index (κ1) is 18.2. The number of rotatable bonds is 5. The first-order valence-corrected chi connectivity index (χ1v) is 8.83. The number of nitrogens with two attached hydrogens (primary N) is 1. The minimum atomic E-state index is -0.494. The van der Waals surface area contributed by atoms with E-state index >= 15 is 0 Å². The molecule has 3 aromatic carbocycles. The second-order valence-corrected chi connectivity index (χ2v) is 6.47. The number of nitrogens with zero attached hydrogens (tertiary/aromatic N) is 2. The molecule has 0 atom stereocenters. The number of benzene rings is 3. The van der Waals surface area contributed by atoms with Crippen molar-refractivity contribution in [2.45, 2.75) is 6.61 Å². The third-order valence-electron chi connectivity index (χ3n) is 4.48. The molecule has 0 bridgehead atoms. The largest absolute Gasteiger partial charge is 0.508 e. The van der Waals surface area contributed by atoms with Gasteiger partial charge in [0.05, 0.1) is 16.6 Å². The van der Waals surface area contributed by atoms with Crippen LogP contribution in [-0.4, -0.2) is 20.6 Å². The van der Waals surface area contributed by atoms with E-state index in [1.807, 2.05) is 6.07 Å². The molecule has 29 heavy (non-hydrogen) atoms. The van der Waals surface area contributed by atoms with E-state index in [4.69, 9.17) is 10.5 Å². The van der Waals surface area contributed by atoms with Crippen molar-refractivity contribution in [1.29, 1.82) is 0 Å². The monoisotopic (exact) mass is 387 g/mol. The first-order chi connectivity index (χ1) is 14.0. The Morgan fingerprint density at radius 2 is 1.86 bits per heavy atom. The second kappa shape index (κ2) is 7.47. The number of primary amides is 1. The quantitative estimate of drug-likeness (QED) is 0.547. The summed E-state index contributed by atoms with van der Waals surface area (Å²) in [6.07, 6.45) is 1.44. The average Bonchev–Trinajstić information content (AvgIpc) is 2.73.